The number of rotatable bonds is 2. The van der Waals surface area contributed by atoms with E-state index < -0.39 is 0 Å². The second-order valence-corrected chi connectivity index (χ2v) is 4.68. The summed E-state index contributed by atoms with van der Waals surface area (Å²) in [5.41, 5.74) is 1.67. The first-order valence-electron chi connectivity index (χ1n) is 6.42. The number of amides is 2. The van der Waals surface area contributed by atoms with E-state index in [1.54, 1.807) is 20.0 Å². The second-order valence-electron chi connectivity index (χ2n) is 4.68. The molecule has 0 bridgehead atoms. The number of hydrogen-bond donors (Lipinski definition) is 2. The average Bonchev–Trinajstić information content (AvgIpc) is 2.46. The van der Waals surface area contributed by atoms with E-state index in [9.17, 15) is 9.59 Å². The van der Waals surface area contributed by atoms with E-state index in [1.807, 2.05) is 23.1 Å². The topological polar surface area (TPSA) is 61.4 Å². The Bertz CT molecular complexity index is 487. The number of hydrogen-bond acceptors (Lipinski definition) is 3. The third-order valence-electron chi connectivity index (χ3n) is 3.40. The van der Waals surface area contributed by atoms with Crippen LogP contribution in [0.3, 0.4) is 0 Å². The lowest BCUT2D eigenvalue weighted by atomic mass is 10.0. The van der Waals surface area contributed by atoms with Gasteiger partial charge in [0.1, 0.15) is 0 Å². The predicted molar refractivity (Wildman–Crippen MR) is 72.8 cm³/mol. The molecule has 1 aromatic carbocycles. The first kappa shape index (κ1) is 13.5. The van der Waals surface area contributed by atoms with Gasteiger partial charge in [-0.1, -0.05) is 12.1 Å². The third kappa shape index (κ3) is 3.12. The zero-order chi connectivity index (χ0) is 13.8. The minimum atomic E-state index is -0.0962. The Labute approximate surface area is 113 Å². The normalized spacial score (nSPS) is 19.1. The van der Waals surface area contributed by atoms with Gasteiger partial charge in [-0.3, -0.25) is 9.59 Å². The molecule has 0 aromatic heterocycles. The molecule has 102 valence electrons. The minimum Gasteiger partial charge on any atom is -0.355 e. The SMILES string of the molecule is CNC(=O)c1cccc([C@H]2CN(C(C)=O)CCN2)c1. The van der Waals surface area contributed by atoms with Gasteiger partial charge in [0, 0.05) is 45.2 Å². The zero-order valence-corrected chi connectivity index (χ0v) is 11.3. The van der Waals surface area contributed by atoms with E-state index >= 15 is 0 Å². The monoisotopic (exact) mass is 261 g/mol. The van der Waals surface area contributed by atoms with Gasteiger partial charge in [0.05, 0.1) is 0 Å². The summed E-state index contributed by atoms with van der Waals surface area (Å²) in [6.45, 7) is 3.74. The Balaban J connectivity index is 2.17. The van der Waals surface area contributed by atoms with Crippen LogP contribution in [0.2, 0.25) is 0 Å². The molecule has 1 aromatic rings. The van der Waals surface area contributed by atoms with E-state index in [-0.39, 0.29) is 17.9 Å². The summed E-state index contributed by atoms with van der Waals surface area (Å²) in [5.74, 6) is -0.00459. The van der Waals surface area contributed by atoms with Gasteiger partial charge >= 0.3 is 0 Å². The van der Waals surface area contributed by atoms with Crippen molar-refractivity contribution in [2.45, 2.75) is 13.0 Å². The maximum atomic E-state index is 11.6. The minimum absolute atomic E-state index is 0.0854. The molecule has 0 radical (unpaired) electrons. The van der Waals surface area contributed by atoms with Gasteiger partial charge in [-0.2, -0.15) is 0 Å². The summed E-state index contributed by atoms with van der Waals surface area (Å²) in [4.78, 5) is 24.9. The van der Waals surface area contributed by atoms with Crippen LogP contribution < -0.4 is 10.6 Å². The summed E-state index contributed by atoms with van der Waals surface area (Å²) in [6.07, 6.45) is 0. The van der Waals surface area contributed by atoms with Crippen molar-refractivity contribution in [1.29, 1.82) is 0 Å². The number of nitrogens with one attached hydrogen (secondary N) is 2. The maximum absolute atomic E-state index is 11.6. The Hall–Kier alpha value is -1.88. The first-order chi connectivity index (χ1) is 9.11. The summed E-state index contributed by atoms with van der Waals surface area (Å²) in [5, 5.41) is 5.99. The van der Waals surface area contributed by atoms with Crippen molar-refractivity contribution >= 4 is 11.8 Å². The van der Waals surface area contributed by atoms with E-state index in [4.69, 9.17) is 0 Å². The summed E-state index contributed by atoms with van der Waals surface area (Å²) < 4.78 is 0. The maximum Gasteiger partial charge on any atom is 0.251 e. The molecule has 5 heteroatoms. The van der Waals surface area contributed by atoms with Crippen LogP contribution in [0.25, 0.3) is 0 Å². The molecule has 1 heterocycles. The molecular weight excluding hydrogens is 242 g/mol. The molecule has 0 aliphatic carbocycles. The van der Waals surface area contributed by atoms with Crippen molar-refractivity contribution in [2.24, 2.45) is 0 Å². The number of piperazine rings is 1. The number of carbonyl (C=O) groups is 2. The van der Waals surface area contributed by atoms with Gasteiger partial charge in [0.2, 0.25) is 5.91 Å². The molecule has 19 heavy (non-hydrogen) atoms. The highest BCUT2D eigenvalue weighted by Gasteiger charge is 2.22. The fraction of sp³-hybridized carbons (Fsp3) is 0.429. The summed E-state index contributed by atoms with van der Waals surface area (Å²) in [6, 6.07) is 7.60. The fourth-order valence-electron chi connectivity index (χ4n) is 2.30. The molecule has 1 aliphatic heterocycles. The van der Waals surface area contributed by atoms with Crippen molar-refractivity contribution in [3.8, 4) is 0 Å². The van der Waals surface area contributed by atoms with Gasteiger partial charge in [-0.05, 0) is 17.7 Å². The van der Waals surface area contributed by atoms with Crippen LogP contribution in [0.1, 0.15) is 28.9 Å². The standard InChI is InChI=1S/C14H19N3O2/c1-10(18)17-7-6-16-13(9-17)11-4-3-5-12(8-11)14(19)15-2/h3-5,8,13,16H,6-7,9H2,1-2H3,(H,15,19)/t13-/m1/s1. The van der Waals surface area contributed by atoms with Crippen molar-refractivity contribution in [2.75, 3.05) is 26.7 Å². The van der Waals surface area contributed by atoms with Gasteiger partial charge in [0.15, 0.2) is 0 Å². The molecule has 1 fully saturated rings. The lowest BCUT2D eigenvalue weighted by Crippen LogP contribution is -2.47. The summed E-state index contributed by atoms with van der Waals surface area (Å²) >= 11 is 0. The quantitative estimate of drug-likeness (QED) is 0.817. The van der Waals surface area contributed by atoms with Crippen LogP contribution in [0, 0.1) is 0 Å². The van der Waals surface area contributed by atoms with Gasteiger partial charge in [-0.15, -0.1) is 0 Å². The smallest absolute Gasteiger partial charge is 0.251 e. The highest BCUT2D eigenvalue weighted by atomic mass is 16.2. The van der Waals surface area contributed by atoms with Gasteiger partial charge in [0.25, 0.3) is 5.91 Å². The Morgan fingerprint density at radius 3 is 2.89 bits per heavy atom. The Morgan fingerprint density at radius 2 is 2.21 bits per heavy atom. The zero-order valence-electron chi connectivity index (χ0n) is 11.3. The van der Waals surface area contributed by atoms with Crippen molar-refractivity contribution in [3.63, 3.8) is 0 Å². The molecule has 2 N–H and O–H groups in total. The van der Waals surface area contributed by atoms with E-state index in [2.05, 4.69) is 10.6 Å². The van der Waals surface area contributed by atoms with Gasteiger partial charge in [-0.25, -0.2) is 0 Å². The van der Waals surface area contributed by atoms with Crippen LogP contribution in [-0.2, 0) is 4.79 Å². The number of benzene rings is 1. The Kier molecular flexibility index (Phi) is 4.16. The molecular formula is C14H19N3O2. The third-order valence-corrected chi connectivity index (χ3v) is 3.40. The highest BCUT2D eigenvalue weighted by molar-refractivity contribution is 5.94. The lowest BCUT2D eigenvalue weighted by Gasteiger charge is -2.33. The van der Waals surface area contributed by atoms with Crippen molar-refractivity contribution in [1.82, 2.24) is 15.5 Å². The van der Waals surface area contributed by atoms with Crippen molar-refractivity contribution < 1.29 is 9.59 Å². The number of carbonyl (C=O) groups excluding carboxylic acids is 2. The van der Waals surface area contributed by atoms with Gasteiger partial charge < -0.3 is 15.5 Å². The molecule has 1 aliphatic rings. The number of nitrogens with zero attached hydrogens (tertiary/aromatic N) is 1. The van der Waals surface area contributed by atoms with Crippen LogP contribution in [0.4, 0.5) is 0 Å². The van der Waals surface area contributed by atoms with Crippen LogP contribution in [-0.4, -0.2) is 43.4 Å². The molecule has 5 nitrogen and oxygen atoms in total. The predicted octanol–water partition coefficient (Wildman–Crippen LogP) is 0.539. The molecule has 2 rings (SSSR count). The van der Waals surface area contributed by atoms with E-state index in [0.29, 0.717) is 12.1 Å². The molecule has 0 unspecified atom stereocenters. The fourth-order valence-corrected chi connectivity index (χ4v) is 2.30. The molecule has 0 spiro atoms. The first-order valence-corrected chi connectivity index (χ1v) is 6.42. The lowest BCUT2D eigenvalue weighted by molar-refractivity contribution is -0.130. The molecule has 1 saturated heterocycles. The average molecular weight is 261 g/mol. The molecule has 2 amide bonds. The molecule has 0 saturated carbocycles. The van der Waals surface area contributed by atoms with Crippen LogP contribution in [0.15, 0.2) is 24.3 Å². The van der Waals surface area contributed by atoms with E-state index in [1.165, 1.54) is 0 Å². The van der Waals surface area contributed by atoms with Crippen molar-refractivity contribution in [3.05, 3.63) is 35.4 Å². The second kappa shape index (κ2) is 5.84. The van der Waals surface area contributed by atoms with Crippen LogP contribution in [0.5, 0.6) is 0 Å². The van der Waals surface area contributed by atoms with E-state index in [0.717, 1.165) is 18.7 Å². The Morgan fingerprint density at radius 1 is 1.42 bits per heavy atom. The largest absolute Gasteiger partial charge is 0.355 e. The van der Waals surface area contributed by atoms with Crippen LogP contribution >= 0.6 is 0 Å². The highest BCUT2D eigenvalue weighted by Crippen LogP contribution is 2.18. The summed E-state index contributed by atoms with van der Waals surface area (Å²) in [7, 11) is 1.62. The molecule has 1 atom stereocenters.